The molecule has 1 aromatic rings. The first-order valence-corrected chi connectivity index (χ1v) is 8.31. The van der Waals surface area contributed by atoms with E-state index in [1.54, 1.807) is 30.0 Å². The quantitative estimate of drug-likeness (QED) is 0.771. The van der Waals surface area contributed by atoms with Crippen LogP contribution in [-0.2, 0) is 11.2 Å². The Hall–Kier alpha value is -0.520. The van der Waals surface area contributed by atoms with Crippen molar-refractivity contribution >= 4 is 29.0 Å². The summed E-state index contributed by atoms with van der Waals surface area (Å²) in [5.41, 5.74) is -0.817. The zero-order valence-electron chi connectivity index (χ0n) is 10.9. The van der Waals surface area contributed by atoms with Crippen molar-refractivity contribution in [2.24, 2.45) is 0 Å². The molecule has 1 rings (SSSR count). The van der Waals surface area contributed by atoms with Crippen molar-refractivity contribution in [1.29, 1.82) is 0 Å². The lowest BCUT2D eigenvalue weighted by Crippen LogP contribution is -2.42. The molecule has 18 heavy (non-hydrogen) atoms. The fourth-order valence-electron chi connectivity index (χ4n) is 1.62. The molecule has 0 saturated heterocycles. The van der Waals surface area contributed by atoms with E-state index in [-0.39, 0.29) is 5.91 Å². The molecule has 102 valence electrons. The Morgan fingerprint density at radius 1 is 1.61 bits per heavy atom. The number of thioether (sulfide) groups is 1. The summed E-state index contributed by atoms with van der Waals surface area (Å²) >= 11 is 3.30. The van der Waals surface area contributed by atoms with E-state index < -0.39 is 5.60 Å². The van der Waals surface area contributed by atoms with Gasteiger partial charge in [0.05, 0.1) is 5.60 Å². The van der Waals surface area contributed by atoms with Crippen LogP contribution >= 0.6 is 23.1 Å². The minimum atomic E-state index is -0.817. The van der Waals surface area contributed by atoms with Crippen LogP contribution in [0.3, 0.4) is 0 Å². The highest BCUT2D eigenvalue weighted by Crippen LogP contribution is 2.12. The fraction of sp³-hybridized carbons (Fsp3) is 0.615. The maximum atomic E-state index is 11.6. The van der Waals surface area contributed by atoms with Crippen LogP contribution in [0.1, 0.15) is 24.6 Å². The first kappa shape index (κ1) is 15.5. The Kier molecular flexibility index (Phi) is 6.75. The zero-order valence-corrected chi connectivity index (χ0v) is 12.6. The van der Waals surface area contributed by atoms with Crippen LogP contribution in [0, 0.1) is 0 Å². The van der Waals surface area contributed by atoms with E-state index in [0.29, 0.717) is 18.7 Å². The van der Waals surface area contributed by atoms with E-state index in [9.17, 15) is 9.90 Å². The number of thiophene rings is 1. The van der Waals surface area contributed by atoms with Gasteiger partial charge >= 0.3 is 0 Å². The average Bonchev–Trinajstić information content (AvgIpc) is 2.79. The predicted octanol–water partition coefficient (Wildman–Crippen LogP) is 2.30. The summed E-state index contributed by atoms with van der Waals surface area (Å²) in [6.07, 6.45) is 4.27. The average molecular weight is 287 g/mol. The van der Waals surface area contributed by atoms with Gasteiger partial charge in [0, 0.05) is 23.6 Å². The SMILES string of the molecule is CSC[C@@](C)(O)CNC(=O)CCCc1cccs1. The molecule has 0 aliphatic rings. The molecule has 0 radical (unpaired) electrons. The highest BCUT2D eigenvalue weighted by molar-refractivity contribution is 7.98. The second-order valence-corrected chi connectivity index (χ2v) is 6.54. The molecular formula is C13H21NO2S2. The van der Waals surface area contributed by atoms with Crippen LogP contribution in [0.2, 0.25) is 0 Å². The smallest absolute Gasteiger partial charge is 0.220 e. The molecule has 3 nitrogen and oxygen atoms in total. The van der Waals surface area contributed by atoms with E-state index in [0.717, 1.165) is 12.8 Å². The third-order valence-electron chi connectivity index (χ3n) is 2.53. The fourth-order valence-corrected chi connectivity index (χ4v) is 3.09. The summed E-state index contributed by atoms with van der Waals surface area (Å²) < 4.78 is 0. The number of rotatable bonds is 8. The van der Waals surface area contributed by atoms with Gasteiger partial charge in [0.15, 0.2) is 0 Å². The van der Waals surface area contributed by atoms with Crippen molar-refractivity contribution in [3.63, 3.8) is 0 Å². The molecule has 0 bridgehead atoms. The van der Waals surface area contributed by atoms with Gasteiger partial charge in [-0.2, -0.15) is 11.8 Å². The summed E-state index contributed by atoms with van der Waals surface area (Å²) in [4.78, 5) is 12.9. The van der Waals surface area contributed by atoms with Gasteiger partial charge in [0.1, 0.15) is 0 Å². The number of hydrogen-bond acceptors (Lipinski definition) is 4. The van der Waals surface area contributed by atoms with Crippen LogP contribution < -0.4 is 5.32 Å². The molecule has 0 aromatic carbocycles. The number of amides is 1. The molecule has 1 atom stereocenters. The summed E-state index contributed by atoms with van der Waals surface area (Å²) in [5, 5.41) is 14.7. The zero-order chi connectivity index (χ0) is 13.4. The first-order valence-electron chi connectivity index (χ1n) is 6.04. The summed E-state index contributed by atoms with van der Waals surface area (Å²) in [7, 11) is 0. The summed E-state index contributed by atoms with van der Waals surface area (Å²) in [6.45, 7) is 2.07. The lowest BCUT2D eigenvalue weighted by atomic mass is 10.1. The maximum absolute atomic E-state index is 11.6. The Labute approximate surface area is 117 Å². The highest BCUT2D eigenvalue weighted by Gasteiger charge is 2.20. The third kappa shape index (κ3) is 6.42. The lowest BCUT2D eigenvalue weighted by Gasteiger charge is -2.22. The molecule has 0 fully saturated rings. The molecular weight excluding hydrogens is 266 g/mol. The summed E-state index contributed by atoms with van der Waals surface area (Å²) in [5.74, 6) is 0.649. The second kappa shape index (κ2) is 7.81. The van der Waals surface area contributed by atoms with Gasteiger partial charge in [-0.05, 0) is 37.5 Å². The highest BCUT2D eigenvalue weighted by atomic mass is 32.2. The van der Waals surface area contributed by atoms with Crippen molar-refractivity contribution in [3.8, 4) is 0 Å². The van der Waals surface area contributed by atoms with Crippen molar-refractivity contribution < 1.29 is 9.90 Å². The normalized spacial score (nSPS) is 14.2. The van der Waals surface area contributed by atoms with Gasteiger partial charge in [-0.1, -0.05) is 6.07 Å². The largest absolute Gasteiger partial charge is 0.387 e. The Bertz CT molecular complexity index is 350. The van der Waals surface area contributed by atoms with E-state index >= 15 is 0 Å². The van der Waals surface area contributed by atoms with Gasteiger partial charge in [0.25, 0.3) is 0 Å². The molecule has 1 amide bonds. The molecule has 0 unspecified atom stereocenters. The van der Waals surface area contributed by atoms with Crippen molar-refractivity contribution in [2.75, 3.05) is 18.6 Å². The van der Waals surface area contributed by atoms with Crippen molar-refractivity contribution in [2.45, 2.75) is 31.8 Å². The molecule has 0 spiro atoms. The summed E-state index contributed by atoms with van der Waals surface area (Å²) in [6, 6.07) is 4.12. The molecule has 0 aliphatic carbocycles. The van der Waals surface area contributed by atoms with Crippen LogP contribution in [0.4, 0.5) is 0 Å². The first-order chi connectivity index (χ1) is 8.53. The van der Waals surface area contributed by atoms with Crippen molar-refractivity contribution in [3.05, 3.63) is 22.4 Å². The van der Waals surface area contributed by atoms with Crippen LogP contribution in [0.15, 0.2) is 17.5 Å². The van der Waals surface area contributed by atoms with Crippen LogP contribution in [0.25, 0.3) is 0 Å². The number of aliphatic hydroxyl groups is 1. The molecule has 1 aromatic heterocycles. The molecule has 2 N–H and O–H groups in total. The Balaban J connectivity index is 2.14. The van der Waals surface area contributed by atoms with Gasteiger partial charge < -0.3 is 10.4 Å². The van der Waals surface area contributed by atoms with E-state index in [4.69, 9.17) is 0 Å². The molecule has 0 aliphatic heterocycles. The number of carbonyl (C=O) groups excluding carboxylic acids is 1. The molecule has 1 heterocycles. The van der Waals surface area contributed by atoms with Crippen molar-refractivity contribution in [1.82, 2.24) is 5.32 Å². The predicted molar refractivity (Wildman–Crippen MR) is 79.3 cm³/mol. The van der Waals surface area contributed by atoms with Gasteiger partial charge in [-0.15, -0.1) is 11.3 Å². The van der Waals surface area contributed by atoms with Crippen LogP contribution in [-0.4, -0.2) is 35.2 Å². The number of hydrogen-bond donors (Lipinski definition) is 2. The van der Waals surface area contributed by atoms with Gasteiger partial charge in [-0.25, -0.2) is 0 Å². The minimum absolute atomic E-state index is 0.0212. The van der Waals surface area contributed by atoms with E-state index in [1.807, 2.05) is 12.3 Å². The standard InChI is InChI=1S/C13H21NO2S2/c1-13(16,10-17-2)9-14-12(15)7-3-5-11-6-4-8-18-11/h4,6,8,16H,3,5,7,9-10H2,1-2H3,(H,14,15)/t13-/m0/s1. The monoisotopic (exact) mass is 287 g/mol. The Morgan fingerprint density at radius 3 is 3.00 bits per heavy atom. The van der Waals surface area contributed by atoms with E-state index in [1.165, 1.54) is 4.88 Å². The number of carbonyl (C=O) groups is 1. The lowest BCUT2D eigenvalue weighted by molar-refractivity contribution is -0.122. The topological polar surface area (TPSA) is 49.3 Å². The Morgan fingerprint density at radius 2 is 2.39 bits per heavy atom. The second-order valence-electron chi connectivity index (χ2n) is 4.64. The minimum Gasteiger partial charge on any atom is -0.387 e. The van der Waals surface area contributed by atoms with Gasteiger partial charge in [-0.3, -0.25) is 4.79 Å². The maximum Gasteiger partial charge on any atom is 0.220 e. The third-order valence-corrected chi connectivity index (χ3v) is 4.38. The molecule has 5 heteroatoms. The van der Waals surface area contributed by atoms with E-state index in [2.05, 4.69) is 16.8 Å². The van der Waals surface area contributed by atoms with Gasteiger partial charge in [0.2, 0.25) is 5.91 Å². The number of nitrogens with one attached hydrogen (secondary N) is 1. The molecule has 0 saturated carbocycles. The van der Waals surface area contributed by atoms with Crippen LogP contribution in [0.5, 0.6) is 0 Å². The number of aryl methyl sites for hydroxylation is 1.